The summed E-state index contributed by atoms with van der Waals surface area (Å²) in [4.78, 5) is 2.53. The third-order valence-corrected chi connectivity index (χ3v) is 6.47. The molecule has 0 heterocycles. The number of nitrogens with zero attached hydrogens (tertiary/aromatic N) is 1. The SMILES string of the molecule is C=CCCC(CCCCCCCCCCCC)CC(=C)CCCCN(CC)CC. The maximum atomic E-state index is 4.42. The standard InChI is InChI=1S/C28H55N/c1-6-10-12-13-14-15-16-17-18-19-24-28(23-11-7-2)26-27(5)22-20-21-25-29(8-3)9-4/h7,28H,2,5-6,8-26H2,1,3-4H3. The van der Waals surface area contributed by atoms with Crippen LogP contribution in [-0.2, 0) is 0 Å². The van der Waals surface area contributed by atoms with Crippen LogP contribution in [0, 0.1) is 5.92 Å². The van der Waals surface area contributed by atoms with E-state index in [-0.39, 0.29) is 0 Å². The summed E-state index contributed by atoms with van der Waals surface area (Å²) in [5.74, 6) is 0.831. The molecule has 0 rings (SSSR count). The molecular formula is C28H55N. The lowest BCUT2D eigenvalue weighted by molar-refractivity contribution is 0.296. The minimum atomic E-state index is 0.831. The zero-order valence-corrected chi connectivity index (χ0v) is 20.7. The summed E-state index contributed by atoms with van der Waals surface area (Å²) in [6.45, 7) is 18.8. The van der Waals surface area contributed by atoms with Crippen LogP contribution in [0.5, 0.6) is 0 Å². The second-order valence-electron chi connectivity index (χ2n) is 9.14. The van der Waals surface area contributed by atoms with E-state index in [1.54, 1.807) is 0 Å². The lowest BCUT2D eigenvalue weighted by atomic mass is 9.88. The van der Waals surface area contributed by atoms with Crippen molar-refractivity contribution in [1.82, 2.24) is 4.90 Å². The van der Waals surface area contributed by atoms with Gasteiger partial charge in [-0.1, -0.05) is 110 Å². The summed E-state index contributed by atoms with van der Waals surface area (Å²) < 4.78 is 0. The van der Waals surface area contributed by atoms with Gasteiger partial charge in [-0.05, 0) is 64.1 Å². The van der Waals surface area contributed by atoms with E-state index < -0.39 is 0 Å². The predicted octanol–water partition coefficient (Wildman–Crippen LogP) is 9.34. The van der Waals surface area contributed by atoms with Crippen molar-refractivity contribution in [3.63, 3.8) is 0 Å². The molecule has 0 aromatic carbocycles. The average Bonchev–Trinajstić information content (AvgIpc) is 2.73. The van der Waals surface area contributed by atoms with Gasteiger partial charge in [-0.25, -0.2) is 0 Å². The maximum absolute atomic E-state index is 4.42. The van der Waals surface area contributed by atoms with Gasteiger partial charge in [0.15, 0.2) is 0 Å². The van der Waals surface area contributed by atoms with Crippen LogP contribution in [0.25, 0.3) is 0 Å². The molecule has 1 nitrogen and oxygen atoms in total. The molecule has 0 aliphatic carbocycles. The van der Waals surface area contributed by atoms with Crippen LogP contribution in [-0.4, -0.2) is 24.5 Å². The quantitative estimate of drug-likeness (QED) is 0.121. The van der Waals surface area contributed by atoms with Crippen LogP contribution in [0.15, 0.2) is 24.8 Å². The van der Waals surface area contributed by atoms with Gasteiger partial charge in [-0.15, -0.1) is 6.58 Å². The Labute approximate surface area is 185 Å². The van der Waals surface area contributed by atoms with Crippen molar-refractivity contribution in [3.05, 3.63) is 24.8 Å². The highest BCUT2D eigenvalue weighted by atomic mass is 15.1. The summed E-state index contributed by atoms with van der Waals surface area (Å²) in [5, 5.41) is 0. The fourth-order valence-electron chi connectivity index (χ4n) is 4.38. The van der Waals surface area contributed by atoms with Gasteiger partial charge in [0.1, 0.15) is 0 Å². The molecule has 0 radical (unpaired) electrons. The molecule has 0 saturated heterocycles. The smallest absolute Gasteiger partial charge is 0.00189 e. The van der Waals surface area contributed by atoms with Crippen molar-refractivity contribution < 1.29 is 0 Å². The molecule has 0 aliphatic rings. The van der Waals surface area contributed by atoms with Crippen LogP contribution in [0.3, 0.4) is 0 Å². The van der Waals surface area contributed by atoms with Crippen LogP contribution in [0.4, 0.5) is 0 Å². The highest BCUT2D eigenvalue weighted by Crippen LogP contribution is 2.25. The minimum Gasteiger partial charge on any atom is -0.304 e. The predicted molar refractivity (Wildman–Crippen MR) is 135 cm³/mol. The molecule has 0 N–H and O–H groups in total. The first-order valence-corrected chi connectivity index (χ1v) is 13.2. The zero-order chi connectivity index (χ0) is 21.6. The number of hydrogen-bond donors (Lipinski definition) is 0. The number of rotatable bonds is 23. The molecule has 0 saturated carbocycles. The first kappa shape index (κ1) is 28.4. The van der Waals surface area contributed by atoms with Crippen molar-refractivity contribution in [2.45, 2.75) is 130 Å². The van der Waals surface area contributed by atoms with Crippen LogP contribution < -0.4 is 0 Å². The summed E-state index contributed by atoms with van der Waals surface area (Å²) in [6.07, 6.45) is 25.4. The van der Waals surface area contributed by atoms with Gasteiger partial charge in [0.05, 0.1) is 0 Å². The molecule has 1 atom stereocenters. The Bertz CT molecular complexity index is 355. The van der Waals surface area contributed by atoms with Gasteiger partial charge in [-0.3, -0.25) is 0 Å². The van der Waals surface area contributed by atoms with E-state index in [1.165, 1.54) is 128 Å². The second kappa shape index (κ2) is 22.1. The average molecular weight is 406 g/mol. The molecule has 0 aromatic heterocycles. The van der Waals surface area contributed by atoms with E-state index in [4.69, 9.17) is 0 Å². The normalized spacial score (nSPS) is 12.4. The summed E-state index contributed by atoms with van der Waals surface area (Å²) in [5.41, 5.74) is 1.49. The first-order chi connectivity index (χ1) is 14.2. The van der Waals surface area contributed by atoms with Crippen molar-refractivity contribution >= 4 is 0 Å². The van der Waals surface area contributed by atoms with Gasteiger partial charge in [0.25, 0.3) is 0 Å². The Kier molecular flexibility index (Phi) is 21.7. The Balaban J connectivity index is 3.84. The van der Waals surface area contributed by atoms with Crippen molar-refractivity contribution in [2.24, 2.45) is 5.92 Å². The largest absolute Gasteiger partial charge is 0.304 e. The van der Waals surface area contributed by atoms with Gasteiger partial charge in [0, 0.05) is 0 Å². The third-order valence-electron chi connectivity index (χ3n) is 6.47. The van der Waals surface area contributed by atoms with E-state index in [0.29, 0.717) is 0 Å². The molecule has 172 valence electrons. The molecule has 1 unspecified atom stereocenters. The Hall–Kier alpha value is -0.560. The Morgan fingerprint density at radius 3 is 1.90 bits per heavy atom. The molecule has 1 heteroatoms. The molecule has 0 fully saturated rings. The topological polar surface area (TPSA) is 3.24 Å². The van der Waals surface area contributed by atoms with Gasteiger partial charge < -0.3 is 4.90 Å². The first-order valence-electron chi connectivity index (χ1n) is 13.2. The summed E-state index contributed by atoms with van der Waals surface area (Å²) >= 11 is 0. The third kappa shape index (κ3) is 19.2. The van der Waals surface area contributed by atoms with Gasteiger partial charge >= 0.3 is 0 Å². The van der Waals surface area contributed by atoms with Crippen LogP contribution >= 0.6 is 0 Å². The van der Waals surface area contributed by atoms with E-state index >= 15 is 0 Å². The van der Waals surface area contributed by atoms with Crippen molar-refractivity contribution in [3.8, 4) is 0 Å². The van der Waals surface area contributed by atoms with E-state index in [9.17, 15) is 0 Å². The molecule has 0 spiro atoms. The maximum Gasteiger partial charge on any atom is -0.00189 e. The summed E-state index contributed by atoms with van der Waals surface area (Å²) in [7, 11) is 0. The number of hydrogen-bond acceptors (Lipinski definition) is 1. The molecule has 0 bridgehead atoms. The highest BCUT2D eigenvalue weighted by Gasteiger charge is 2.10. The Morgan fingerprint density at radius 1 is 0.759 bits per heavy atom. The van der Waals surface area contributed by atoms with E-state index in [1.807, 2.05) is 0 Å². The highest BCUT2D eigenvalue weighted by molar-refractivity contribution is 4.96. The molecule has 29 heavy (non-hydrogen) atoms. The van der Waals surface area contributed by atoms with E-state index in [2.05, 4.69) is 44.9 Å². The summed E-state index contributed by atoms with van der Waals surface area (Å²) in [6, 6.07) is 0. The number of allylic oxidation sites excluding steroid dienone is 2. The molecule has 0 amide bonds. The van der Waals surface area contributed by atoms with Crippen LogP contribution in [0.2, 0.25) is 0 Å². The Morgan fingerprint density at radius 2 is 1.34 bits per heavy atom. The monoisotopic (exact) mass is 405 g/mol. The second-order valence-corrected chi connectivity index (χ2v) is 9.14. The molecular weight excluding hydrogens is 350 g/mol. The van der Waals surface area contributed by atoms with Gasteiger partial charge in [-0.2, -0.15) is 0 Å². The lowest BCUT2D eigenvalue weighted by Crippen LogP contribution is -2.23. The minimum absolute atomic E-state index is 0.831. The molecule has 0 aromatic rings. The fraction of sp³-hybridized carbons (Fsp3) is 0.857. The number of unbranched alkanes of at least 4 members (excludes halogenated alkanes) is 10. The van der Waals surface area contributed by atoms with Crippen molar-refractivity contribution in [1.29, 1.82) is 0 Å². The fourth-order valence-corrected chi connectivity index (χ4v) is 4.38. The zero-order valence-electron chi connectivity index (χ0n) is 20.7. The van der Waals surface area contributed by atoms with Gasteiger partial charge in [0.2, 0.25) is 0 Å². The lowest BCUT2D eigenvalue weighted by Gasteiger charge is -2.19. The van der Waals surface area contributed by atoms with Crippen molar-refractivity contribution in [2.75, 3.05) is 19.6 Å². The van der Waals surface area contributed by atoms with E-state index in [0.717, 1.165) is 12.3 Å². The van der Waals surface area contributed by atoms with Crippen LogP contribution in [0.1, 0.15) is 130 Å². The molecule has 0 aliphatic heterocycles.